The number of nitrogens with two attached hydrogens (primary N) is 1. The monoisotopic (exact) mass is 329 g/mol. The minimum atomic E-state index is -4.35. The summed E-state index contributed by atoms with van der Waals surface area (Å²) < 4.78 is 39.3. The Labute approximate surface area is 136 Å². The van der Waals surface area contributed by atoms with Crippen molar-refractivity contribution in [2.45, 2.75) is 26.6 Å². The molecule has 0 aliphatic carbocycles. The average molecular weight is 329 g/mol. The van der Waals surface area contributed by atoms with Crippen molar-refractivity contribution in [3.63, 3.8) is 0 Å². The van der Waals surface area contributed by atoms with Gasteiger partial charge in [0.05, 0.1) is 5.56 Å². The Bertz CT molecular complexity index is 516. The van der Waals surface area contributed by atoms with E-state index in [-0.39, 0.29) is 5.69 Å². The average Bonchev–Trinajstić information content (AvgIpc) is 2.98. The number of anilines is 1. The highest BCUT2D eigenvalue weighted by atomic mass is 19.4. The highest BCUT2D eigenvalue weighted by Gasteiger charge is 2.39. The minimum absolute atomic E-state index is 0.158. The number of halogens is 3. The third-order valence-electron chi connectivity index (χ3n) is 4.58. The molecule has 2 saturated heterocycles. The molecule has 130 valence electrons. The van der Waals surface area contributed by atoms with Crippen molar-refractivity contribution in [2.24, 2.45) is 11.8 Å². The van der Waals surface area contributed by atoms with E-state index in [9.17, 15) is 13.2 Å². The van der Waals surface area contributed by atoms with E-state index in [1.807, 2.05) is 13.8 Å². The molecule has 3 nitrogen and oxygen atoms in total. The second kappa shape index (κ2) is 7.09. The van der Waals surface area contributed by atoms with Gasteiger partial charge < -0.3 is 10.6 Å². The van der Waals surface area contributed by atoms with Crippen molar-refractivity contribution < 1.29 is 13.2 Å². The van der Waals surface area contributed by atoms with Crippen LogP contribution in [0, 0.1) is 11.8 Å². The molecule has 2 aliphatic heterocycles. The van der Waals surface area contributed by atoms with Gasteiger partial charge in [0.2, 0.25) is 0 Å². The van der Waals surface area contributed by atoms with Gasteiger partial charge >= 0.3 is 6.18 Å². The first-order valence-corrected chi connectivity index (χ1v) is 8.19. The Morgan fingerprint density at radius 1 is 1.09 bits per heavy atom. The molecular weight excluding hydrogens is 303 g/mol. The SMILES string of the molecule is CC.CN1C[C@@H]2CN(Cc3ccc(N)cc3C(F)(F)F)C[C@@H]2C1. The Balaban J connectivity index is 0.000000924. The number of nitrogens with zero attached hydrogens (tertiary/aromatic N) is 2. The van der Waals surface area contributed by atoms with E-state index in [0.29, 0.717) is 23.9 Å². The Morgan fingerprint density at radius 3 is 2.17 bits per heavy atom. The molecule has 2 fully saturated rings. The molecule has 2 N–H and O–H groups in total. The Hall–Kier alpha value is -1.27. The molecule has 2 atom stereocenters. The summed E-state index contributed by atoms with van der Waals surface area (Å²) in [6.45, 7) is 8.23. The number of hydrogen-bond donors (Lipinski definition) is 1. The van der Waals surface area contributed by atoms with Crippen LogP contribution in [0.3, 0.4) is 0 Å². The van der Waals surface area contributed by atoms with Crippen LogP contribution in [-0.4, -0.2) is 43.0 Å². The summed E-state index contributed by atoms with van der Waals surface area (Å²) in [5.74, 6) is 1.19. The van der Waals surface area contributed by atoms with Crippen LogP contribution in [0.1, 0.15) is 25.0 Å². The summed E-state index contributed by atoms with van der Waals surface area (Å²) in [5.41, 5.74) is 5.39. The molecule has 2 heterocycles. The van der Waals surface area contributed by atoms with Crippen molar-refractivity contribution in [1.29, 1.82) is 0 Å². The first kappa shape index (κ1) is 18.1. The fourth-order valence-electron chi connectivity index (χ4n) is 3.69. The van der Waals surface area contributed by atoms with Gasteiger partial charge in [0.1, 0.15) is 0 Å². The molecule has 1 aromatic carbocycles. The standard InChI is InChI=1S/C15H20F3N3.C2H6/c1-20-5-11-8-21(9-12(11)6-20)7-10-2-3-13(19)4-14(10)15(16,17)18;1-2/h2-4,11-12H,5-9,19H2,1H3;1-2H3/t11-,12+;. The number of benzene rings is 1. The lowest BCUT2D eigenvalue weighted by molar-refractivity contribution is -0.138. The van der Waals surface area contributed by atoms with Gasteiger partial charge in [0, 0.05) is 38.4 Å². The molecule has 0 spiro atoms. The van der Waals surface area contributed by atoms with Gasteiger partial charge in [-0.05, 0) is 36.6 Å². The Morgan fingerprint density at radius 2 is 1.65 bits per heavy atom. The summed E-state index contributed by atoms with van der Waals surface area (Å²) in [6.07, 6.45) is -4.35. The first-order valence-electron chi connectivity index (χ1n) is 8.19. The molecule has 0 saturated carbocycles. The third-order valence-corrected chi connectivity index (χ3v) is 4.58. The van der Waals surface area contributed by atoms with Crippen LogP contribution in [0.15, 0.2) is 18.2 Å². The number of fused-ring (bicyclic) bond motifs is 1. The largest absolute Gasteiger partial charge is 0.416 e. The number of rotatable bonds is 2. The first-order chi connectivity index (χ1) is 10.8. The molecule has 0 aromatic heterocycles. The van der Waals surface area contributed by atoms with Gasteiger partial charge in [-0.2, -0.15) is 13.2 Å². The molecule has 6 heteroatoms. The summed E-state index contributed by atoms with van der Waals surface area (Å²) in [4.78, 5) is 4.44. The summed E-state index contributed by atoms with van der Waals surface area (Å²) in [6, 6.07) is 4.10. The van der Waals surface area contributed by atoms with E-state index < -0.39 is 11.7 Å². The molecule has 1 aromatic rings. The molecule has 3 rings (SSSR count). The predicted molar refractivity (Wildman–Crippen MR) is 87.0 cm³/mol. The maximum absolute atomic E-state index is 13.1. The zero-order valence-electron chi connectivity index (χ0n) is 14.0. The topological polar surface area (TPSA) is 32.5 Å². The second-order valence-electron chi connectivity index (χ2n) is 6.35. The van der Waals surface area contributed by atoms with Gasteiger partial charge in [-0.25, -0.2) is 0 Å². The predicted octanol–water partition coefficient (Wildman–Crippen LogP) is 3.31. The quantitative estimate of drug-likeness (QED) is 0.845. The highest BCUT2D eigenvalue weighted by molar-refractivity contribution is 5.46. The molecule has 0 unspecified atom stereocenters. The summed E-state index contributed by atoms with van der Waals surface area (Å²) in [7, 11) is 2.10. The van der Waals surface area contributed by atoms with Crippen LogP contribution in [0.25, 0.3) is 0 Å². The van der Waals surface area contributed by atoms with Crippen molar-refractivity contribution in [1.82, 2.24) is 9.80 Å². The van der Waals surface area contributed by atoms with E-state index in [2.05, 4.69) is 16.8 Å². The lowest BCUT2D eigenvalue weighted by Crippen LogP contribution is -2.27. The maximum Gasteiger partial charge on any atom is 0.416 e. The zero-order chi connectivity index (χ0) is 17.2. The number of nitrogen functional groups attached to an aromatic ring is 1. The number of hydrogen-bond acceptors (Lipinski definition) is 3. The van der Waals surface area contributed by atoms with Gasteiger partial charge in [-0.15, -0.1) is 0 Å². The molecular formula is C17H26F3N3. The van der Waals surface area contributed by atoms with Crippen LogP contribution in [-0.2, 0) is 12.7 Å². The third kappa shape index (κ3) is 4.18. The zero-order valence-corrected chi connectivity index (χ0v) is 14.0. The lowest BCUT2D eigenvalue weighted by atomic mass is 10.0. The van der Waals surface area contributed by atoms with E-state index >= 15 is 0 Å². The summed E-state index contributed by atoms with van der Waals surface area (Å²) in [5, 5.41) is 0. The molecule has 0 amide bonds. The van der Waals surface area contributed by atoms with Crippen LogP contribution in [0.5, 0.6) is 0 Å². The molecule has 2 aliphatic rings. The van der Waals surface area contributed by atoms with Gasteiger partial charge in [-0.1, -0.05) is 19.9 Å². The van der Waals surface area contributed by atoms with Gasteiger partial charge in [-0.3, -0.25) is 4.90 Å². The van der Waals surface area contributed by atoms with Gasteiger partial charge in [0.25, 0.3) is 0 Å². The smallest absolute Gasteiger partial charge is 0.399 e. The van der Waals surface area contributed by atoms with Crippen molar-refractivity contribution >= 4 is 5.69 Å². The molecule has 23 heavy (non-hydrogen) atoms. The van der Waals surface area contributed by atoms with E-state index in [0.717, 1.165) is 32.2 Å². The van der Waals surface area contributed by atoms with Crippen molar-refractivity contribution in [3.8, 4) is 0 Å². The van der Waals surface area contributed by atoms with Crippen LogP contribution in [0.4, 0.5) is 18.9 Å². The second-order valence-corrected chi connectivity index (χ2v) is 6.35. The van der Waals surface area contributed by atoms with Crippen LogP contribution < -0.4 is 5.73 Å². The fourth-order valence-corrected chi connectivity index (χ4v) is 3.69. The Kier molecular flexibility index (Phi) is 5.57. The van der Waals surface area contributed by atoms with Crippen molar-refractivity contribution in [3.05, 3.63) is 29.3 Å². The maximum atomic E-state index is 13.1. The van der Waals surface area contributed by atoms with Crippen LogP contribution in [0.2, 0.25) is 0 Å². The fraction of sp³-hybridized carbons (Fsp3) is 0.647. The summed E-state index contributed by atoms with van der Waals surface area (Å²) >= 11 is 0. The minimum Gasteiger partial charge on any atom is -0.399 e. The van der Waals surface area contributed by atoms with E-state index in [1.54, 1.807) is 6.07 Å². The molecule has 0 radical (unpaired) electrons. The van der Waals surface area contributed by atoms with Crippen molar-refractivity contribution in [2.75, 3.05) is 39.0 Å². The highest BCUT2D eigenvalue weighted by Crippen LogP contribution is 2.36. The van der Waals surface area contributed by atoms with Crippen LogP contribution >= 0.6 is 0 Å². The normalized spacial score (nSPS) is 25.1. The molecule has 0 bridgehead atoms. The number of likely N-dealkylation sites (tertiary alicyclic amines) is 2. The van der Waals surface area contributed by atoms with Gasteiger partial charge in [0.15, 0.2) is 0 Å². The number of alkyl halides is 3. The van der Waals surface area contributed by atoms with E-state index in [1.165, 1.54) is 6.07 Å². The van der Waals surface area contributed by atoms with E-state index in [4.69, 9.17) is 5.73 Å². The lowest BCUT2D eigenvalue weighted by Gasteiger charge is -2.21.